The van der Waals surface area contributed by atoms with Crippen LogP contribution in [0.1, 0.15) is 17.4 Å². The first-order chi connectivity index (χ1) is 12.3. The van der Waals surface area contributed by atoms with Crippen LogP contribution in [0.4, 0.5) is 0 Å². The predicted octanol–water partition coefficient (Wildman–Crippen LogP) is -1.36. The summed E-state index contributed by atoms with van der Waals surface area (Å²) in [4.78, 5) is 14.3. The maximum atomic E-state index is 11.2. The van der Waals surface area contributed by atoms with E-state index in [1.54, 1.807) is 24.3 Å². The second-order valence-corrected chi connectivity index (χ2v) is 6.46. The van der Waals surface area contributed by atoms with Crippen LogP contribution in [0.2, 0.25) is 0 Å². The summed E-state index contributed by atoms with van der Waals surface area (Å²) in [6.45, 7) is -0.550. The van der Waals surface area contributed by atoms with Gasteiger partial charge in [0.15, 0.2) is 0 Å². The van der Waals surface area contributed by atoms with E-state index in [-0.39, 0.29) is 6.42 Å². The number of nitrogens with one attached hydrogen (secondary N) is 1. The highest BCUT2D eigenvalue weighted by Crippen LogP contribution is 2.36. The van der Waals surface area contributed by atoms with Crippen molar-refractivity contribution in [1.29, 1.82) is 0 Å². The van der Waals surface area contributed by atoms with Gasteiger partial charge in [-0.1, -0.05) is 18.2 Å². The fourth-order valence-electron chi connectivity index (χ4n) is 3.33. The normalized spacial score (nSPS) is 30.4. The number of nitrogens with two attached hydrogens (primary N) is 1. The number of H-pyrrole nitrogens is 1. The predicted molar refractivity (Wildman–Crippen MR) is 90.3 cm³/mol. The van der Waals surface area contributed by atoms with Crippen molar-refractivity contribution in [3.63, 3.8) is 0 Å². The second-order valence-electron chi connectivity index (χ2n) is 6.46. The molecule has 2 aromatic rings. The summed E-state index contributed by atoms with van der Waals surface area (Å²) in [5.74, 6) is -1.17. The molecule has 26 heavy (non-hydrogen) atoms. The number of aromatic nitrogens is 1. The molecular formula is C17H22N2O7. The first kappa shape index (κ1) is 18.8. The summed E-state index contributed by atoms with van der Waals surface area (Å²) in [5.41, 5.74) is 7.28. The molecule has 0 spiro atoms. The van der Waals surface area contributed by atoms with Gasteiger partial charge >= 0.3 is 5.97 Å². The zero-order chi connectivity index (χ0) is 19.0. The fourth-order valence-corrected chi connectivity index (χ4v) is 3.33. The summed E-state index contributed by atoms with van der Waals surface area (Å²) in [7, 11) is 0. The molecule has 3 rings (SSSR count). The average molecular weight is 366 g/mol. The number of aliphatic carboxylic acids is 1. The average Bonchev–Trinajstić information content (AvgIpc) is 2.98. The maximum Gasteiger partial charge on any atom is 0.320 e. The molecule has 1 aliphatic heterocycles. The number of para-hydroxylation sites is 1. The molecule has 1 aromatic heterocycles. The lowest BCUT2D eigenvalue weighted by Crippen LogP contribution is -2.55. The Morgan fingerprint density at radius 3 is 2.54 bits per heavy atom. The molecule has 1 aromatic carbocycles. The van der Waals surface area contributed by atoms with E-state index in [4.69, 9.17) is 15.6 Å². The largest absolute Gasteiger partial charge is 0.480 e. The van der Waals surface area contributed by atoms with E-state index >= 15 is 0 Å². The monoisotopic (exact) mass is 366 g/mol. The van der Waals surface area contributed by atoms with Crippen LogP contribution in [0.3, 0.4) is 0 Å². The van der Waals surface area contributed by atoms with Gasteiger partial charge in [-0.2, -0.15) is 0 Å². The van der Waals surface area contributed by atoms with E-state index in [1.807, 2.05) is 0 Å². The van der Waals surface area contributed by atoms with Crippen molar-refractivity contribution in [2.75, 3.05) is 6.61 Å². The second kappa shape index (κ2) is 7.31. The highest BCUT2D eigenvalue weighted by atomic mass is 16.5. The number of rotatable bonds is 5. The third-order valence-electron chi connectivity index (χ3n) is 4.76. The molecule has 8 N–H and O–H groups in total. The van der Waals surface area contributed by atoms with Crippen LogP contribution in [0.25, 0.3) is 10.9 Å². The quantitative estimate of drug-likeness (QED) is 0.340. The standard InChI is InChI=1S/C17H22N2O7/c18-9(17(24)25)5-8-7-3-1-2-4-10(7)19-12(8)16-15(23)14(22)13(21)11(6-20)26-16/h1-4,9,11,13-16,19-23H,5-6,18H2,(H,24,25)/t9?,11-,13-,14+,15+,16-/m0/s1. The van der Waals surface area contributed by atoms with Crippen molar-refractivity contribution < 1.29 is 35.1 Å². The molecule has 2 heterocycles. The Hall–Kier alpha value is -2.01. The smallest absolute Gasteiger partial charge is 0.320 e. The Morgan fingerprint density at radius 2 is 1.88 bits per heavy atom. The van der Waals surface area contributed by atoms with Gasteiger partial charge in [-0.3, -0.25) is 4.79 Å². The van der Waals surface area contributed by atoms with Crippen molar-refractivity contribution in [3.8, 4) is 0 Å². The van der Waals surface area contributed by atoms with Crippen LogP contribution in [-0.4, -0.2) is 73.6 Å². The molecule has 1 fully saturated rings. The van der Waals surface area contributed by atoms with E-state index < -0.39 is 49.1 Å². The van der Waals surface area contributed by atoms with E-state index in [2.05, 4.69) is 4.98 Å². The Labute approximate surface area is 148 Å². The Bertz CT molecular complexity index is 791. The lowest BCUT2D eigenvalue weighted by Gasteiger charge is -2.40. The molecule has 142 valence electrons. The van der Waals surface area contributed by atoms with Crippen molar-refractivity contribution >= 4 is 16.9 Å². The van der Waals surface area contributed by atoms with Gasteiger partial charge in [0.05, 0.1) is 12.3 Å². The molecule has 1 unspecified atom stereocenters. The number of aliphatic hydroxyl groups excluding tert-OH is 4. The minimum atomic E-state index is -1.53. The minimum absolute atomic E-state index is 0.0241. The Balaban J connectivity index is 2.07. The molecule has 1 aliphatic rings. The number of aliphatic hydroxyl groups is 4. The summed E-state index contributed by atoms with van der Waals surface area (Å²) in [6, 6.07) is 5.96. The van der Waals surface area contributed by atoms with Crippen LogP contribution in [-0.2, 0) is 16.0 Å². The SMILES string of the molecule is NC(Cc1c([C@@H]2O[C@@H](CO)[C@H](O)[C@@H](O)[C@H]2O)[nH]c2ccccc12)C(=O)O. The Kier molecular flexibility index (Phi) is 5.28. The van der Waals surface area contributed by atoms with Crippen molar-refractivity contribution in [1.82, 2.24) is 4.98 Å². The molecule has 9 nitrogen and oxygen atoms in total. The minimum Gasteiger partial charge on any atom is -0.480 e. The fraction of sp³-hybridized carbons (Fsp3) is 0.471. The maximum absolute atomic E-state index is 11.2. The zero-order valence-corrected chi connectivity index (χ0v) is 13.8. The first-order valence-corrected chi connectivity index (χ1v) is 8.23. The van der Waals surface area contributed by atoms with Gasteiger partial charge in [0, 0.05) is 17.3 Å². The summed E-state index contributed by atoms with van der Waals surface area (Å²) in [6.07, 6.45) is -6.65. The first-order valence-electron chi connectivity index (χ1n) is 8.23. The summed E-state index contributed by atoms with van der Waals surface area (Å²) in [5, 5.41) is 49.6. The van der Waals surface area contributed by atoms with Crippen molar-refractivity contribution in [2.24, 2.45) is 5.73 Å². The van der Waals surface area contributed by atoms with Gasteiger partial charge in [-0.25, -0.2) is 0 Å². The highest BCUT2D eigenvalue weighted by Gasteiger charge is 2.45. The van der Waals surface area contributed by atoms with E-state index in [0.717, 1.165) is 5.39 Å². The van der Waals surface area contributed by atoms with Crippen LogP contribution < -0.4 is 5.73 Å². The molecule has 6 atom stereocenters. The lowest BCUT2D eigenvalue weighted by molar-refractivity contribution is -0.232. The van der Waals surface area contributed by atoms with Gasteiger partial charge < -0.3 is 41.0 Å². The summed E-state index contributed by atoms with van der Waals surface area (Å²) < 4.78 is 5.60. The highest BCUT2D eigenvalue weighted by molar-refractivity contribution is 5.86. The molecule has 0 aliphatic carbocycles. The lowest BCUT2D eigenvalue weighted by atomic mass is 9.90. The number of fused-ring (bicyclic) bond motifs is 1. The Morgan fingerprint density at radius 1 is 1.19 bits per heavy atom. The van der Waals surface area contributed by atoms with Crippen LogP contribution >= 0.6 is 0 Å². The van der Waals surface area contributed by atoms with Crippen LogP contribution in [0.5, 0.6) is 0 Å². The van der Waals surface area contributed by atoms with Gasteiger partial charge in [0.25, 0.3) is 0 Å². The number of hydrogen-bond donors (Lipinski definition) is 7. The number of ether oxygens (including phenoxy) is 1. The number of benzene rings is 1. The van der Waals surface area contributed by atoms with Crippen molar-refractivity contribution in [2.45, 2.75) is 43.0 Å². The van der Waals surface area contributed by atoms with E-state index in [1.165, 1.54) is 0 Å². The van der Waals surface area contributed by atoms with Gasteiger partial charge in [-0.05, 0) is 11.6 Å². The zero-order valence-electron chi connectivity index (χ0n) is 13.8. The summed E-state index contributed by atoms with van der Waals surface area (Å²) >= 11 is 0. The van der Waals surface area contributed by atoms with Crippen molar-refractivity contribution in [3.05, 3.63) is 35.5 Å². The van der Waals surface area contributed by atoms with Gasteiger partial charge in [-0.15, -0.1) is 0 Å². The molecule has 0 saturated carbocycles. The number of carboxylic acids is 1. The van der Waals surface area contributed by atoms with Crippen LogP contribution in [0.15, 0.2) is 24.3 Å². The van der Waals surface area contributed by atoms with Gasteiger partial charge in [0.1, 0.15) is 36.6 Å². The molecule has 0 amide bonds. The van der Waals surface area contributed by atoms with Crippen LogP contribution in [0, 0.1) is 0 Å². The molecule has 1 saturated heterocycles. The molecular weight excluding hydrogens is 344 g/mol. The number of hydrogen-bond acceptors (Lipinski definition) is 7. The van der Waals surface area contributed by atoms with E-state index in [9.17, 15) is 25.2 Å². The third kappa shape index (κ3) is 3.20. The topological polar surface area (TPSA) is 169 Å². The van der Waals surface area contributed by atoms with Gasteiger partial charge in [0.2, 0.25) is 0 Å². The third-order valence-corrected chi connectivity index (χ3v) is 4.76. The number of carbonyl (C=O) groups is 1. The number of aromatic amines is 1. The molecule has 0 bridgehead atoms. The molecule has 0 radical (unpaired) electrons. The molecule has 9 heteroatoms. The van der Waals surface area contributed by atoms with E-state index in [0.29, 0.717) is 16.8 Å². The number of carboxylic acid groups (broad SMARTS) is 1.